The first-order chi connectivity index (χ1) is 11.3. The summed E-state index contributed by atoms with van der Waals surface area (Å²) in [6, 6.07) is 10.6. The second kappa shape index (κ2) is 4.84. The van der Waals surface area contributed by atoms with Crippen LogP contribution in [-0.2, 0) is 10.2 Å². The maximum atomic E-state index is 10.8. The quantitative estimate of drug-likeness (QED) is 0.842. The normalized spacial score (nSPS) is 28.3. The summed E-state index contributed by atoms with van der Waals surface area (Å²) >= 11 is 0. The van der Waals surface area contributed by atoms with Crippen LogP contribution in [0.25, 0.3) is 16.5 Å². The molecule has 4 rings (SSSR count). The van der Waals surface area contributed by atoms with E-state index in [0.29, 0.717) is 0 Å². The third kappa shape index (κ3) is 1.86. The molecule has 3 nitrogen and oxygen atoms in total. The summed E-state index contributed by atoms with van der Waals surface area (Å²) in [7, 11) is 1.57. The number of methoxy groups -OCH3 is 1. The summed E-state index contributed by atoms with van der Waals surface area (Å²) in [6.45, 7) is 11.0. The van der Waals surface area contributed by atoms with Gasteiger partial charge in [-0.1, -0.05) is 51.6 Å². The van der Waals surface area contributed by atoms with Crippen LogP contribution in [0.3, 0.4) is 0 Å². The summed E-state index contributed by atoms with van der Waals surface area (Å²) in [4.78, 5) is 0. The van der Waals surface area contributed by atoms with Crippen LogP contribution in [-0.4, -0.2) is 24.0 Å². The van der Waals surface area contributed by atoms with Crippen LogP contribution in [0.5, 0.6) is 0 Å². The minimum atomic E-state index is -1.15. The van der Waals surface area contributed by atoms with E-state index in [0.717, 1.165) is 17.7 Å². The predicted octanol–water partition coefficient (Wildman–Crippen LogP) is 3.90. The highest BCUT2D eigenvalue weighted by atomic mass is 16.6. The van der Waals surface area contributed by atoms with E-state index in [9.17, 15) is 5.11 Å². The van der Waals surface area contributed by atoms with Crippen molar-refractivity contribution in [1.82, 2.24) is 5.32 Å². The van der Waals surface area contributed by atoms with Gasteiger partial charge in [0.2, 0.25) is 0 Å². The van der Waals surface area contributed by atoms with Crippen LogP contribution in [0.15, 0.2) is 36.9 Å². The number of hydrogen-bond donors (Lipinski definition) is 2. The van der Waals surface area contributed by atoms with Crippen molar-refractivity contribution >= 4 is 16.5 Å². The van der Waals surface area contributed by atoms with Crippen molar-refractivity contribution in [2.75, 3.05) is 7.11 Å². The Kier molecular flexibility index (Phi) is 3.16. The highest BCUT2D eigenvalue weighted by Gasteiger charge is 2.69. The molecule has 0 spiro atoms. The summed E-state index contributed by atoms with van der Waals surface area (Å²) < 4.78 is 5.45. The summed E-state index contributed by atoms with van der Waals surface area (Å²) in [6.07, 6.45) is 1.04. The fourth-order valence-electron chi connectivity index (χ4n) is 4.17. The molecular formula is C21H25NO2. The average Bonchev–Trinajstić information content (AvgIpc) is 3.18. The van der Waals surface area contributed by atoms with Crippen molar-refractivity contribution in [3.8, 4) is 0 Å². The number of fused-ring (bicyclic) bond motifs is 5. The van der Waals surface area contributed by atoms with Crippen LogP contribution >= 0.6 is 0 Å². The molecule has 2 aromatic carbocycles. The maximum absolute atomic E-state index is 10.8. The largest absolute Gasteiger partial charge is 0.376 e. The van der Waals surface area contributed by atoms with E-state index in [1.54, 1.807) is 7.11 Å². The zero-order valence-electron chi connectivity index (χ0n) is 14.8. The van der Waals surface area contributed by atoms with Gasteiger partial charge in [-0.2, -0.15) is 0 Å². The molecule has 0 radical (unpaired) electrons. The maximum Gasteiger partial charge on any atom is 0.195 e. The zero-order chi connectivity index (χ0) is 17.3. The van der Waals surface area contributed by atoms with Gasteiger partial charge in [0.15, 0.2) is 5.79 Å². The highest BCUT2D eigenvalue weighted by molar-refractivity contribution is 5.94. The van der Waals surface area contributed by atoms with E-state index in [1.165, 1.54) is 21.9 Å². The molecule has 2 aliphatic rings. The van der Waals surface area contributed by atoms with E-state index in [-0.39, 0.29) is 17.4 Å². The number of aliphatic hydroxyl groups is 1. The molecule has 1 saturated carbocycles. The molecule has 0 saturated heterocycles. The first kappa shape index (κ1) is 15.7. The lowest BCUT2D eigenvalue weighted by molar-refractivity contribution is -0.110. The standard InChI is InChI=1S/C21H25NO2/c1-6-20(3,4)15-11-13-9-7-8-10-14(13)17-16(15)12(2)22-19-18(17)21(19,23)24-5/h7-11,18-19,22-23H,2,6H2,1,3-5H3. The molecule has 1 aliphatic carbocycles. The fourth-order valence-corrected chi connectivity index (χ4v) is 4.17. The van der Waals surface area contributed by atoms with Crippen molar-refractivity contribution in [3.63, 3.8) is 0 Å². The Bertz CT molecular complexity index is 854. The lowest BCUT2D eigenvalue weighted by Crippen LogP contribution is -2.29. The monoisotopic (exact) mass is 323 g/mol. The van der Waals surface area contributed by atoms with Gasteiger partial charge in [0.25, 0.3) is 0 Å². The van der Waals surface area contributed by atoms with Gasteiger partial charge in [-0.25, -0.2) is 0 Å². The summed E-state index contributed by atoms with van der Waals surface area (Å²) in [5, 5.41) is 16.6. The fraction of sp³-hybridized carbons (Fsp3) is 0.429. The number of hydrogen-bond acceptors (Lipinski definition) is 3. The Morgan fingerprint density at radius 1 is 1.33 bits per heavy atom. The molecular weight excluding hydrogens is 298 g/mol. The van der Waals surface area contributed by atoms with Gasteiger partial charge >= 0.3 is 0 Å². The molecule has 126 valence electrons. The number of nitrogens with one attached hydrogen (secondary N) is 1. The van der Waals surface area contributed by atoms with Gasteiger partial charge < -0.3 is 15.2 Å². The Morgan fingerprint density at radius 3 is 2.71 bits per heavy atom. The Balaban J connectivity index is 2.09. The van der Waals surface area contributed by atoms with Crippen LogP contribution < -0.4 is 5.32 Å². The van der Waals surface area contributed by atoms with Gasteiger partial charge in [-0.15, -0.1) is 0 Å². The van der Waals surface area contributed by atoms with Crippen LogP contribution in [0, 0.1) is 0 Å². The van der Waals surface area contributed by atoms with Crippen molar-refractivity contribution in [1.29, 1.82) is 0 Å². The smallest absolute Gasteiger partial charge is 0.195 e. The third-order valence-electron chi connectivity index (χ3n) is 6.09. The number of rotatable bonds is 3. The molecule has 0 bridgehead atoms. The first-order valence-electron chi connectivity index (χ1n) is 8.64. The summed E-state index contributed by atoms with van der Waals surface area (Å²) in [5.41, 5.74) is 4.56. The number of ether oxygens (including phenoxy) is 1. The second-order valence-corrected chi connectivity index (χ2v) is 7.71. The third-order valence-corrected chi connectivity index (χ3v) is 6.09. The minimum Gasteiger partial charge on any atom is -0.376 e. The molecule has 1 fully saturated rings. The molecule has 2 N–H and O–H groups in total. The van der Waals surface area contributed by atoms with E-state index >= 15 is 0 Å². The van der Waals surface area contributed by atoms with Gasteiger partial charge in [0.1, 0.15) is 0 Å². The van der Waals surface area contributed by atoms with E-state index in [2.05, 4.69) is 63.0 Å². The average molecular weight is 323 g/mol. The number of benzene rings is 2. The molecule has 2 aromatic rings. The van der Waals surface area contributed by atoms with Gasteiger partial charge in [-0.3, -0.25) is 0 Å². The lowest BCUT2D eigenvalue weighted by Gasteiger charge is -2.32. The van der Waals surface area contributed by atoms with Crippen LogP contribution in [0.2, 0.25) is 0 Å². The van der Waals surface area contributed by atoms with Gasteiger partial charge in [0, 0.05) is 18.4 Å². The SMILES string of the molecule is C=C1NC2C(c3c1c(C(C)(C)CC)cc1ccccc31)C2(O)OC. The second-order valence-electron chi connectivity index (χ2n) is 7.71. The Morgan fingerprint density at radius 2 is 2.04 bits per heavy atom. The van der Waals surface area contributed by atoms with Gasteiger partial charge in [0.05, 0.1) is 12.0 Å². The van der Waals surface area contributed by atoms with Crippen LogP contribution in [0.1, 0.15) is 49.8 Å². The summed E-state index contributed by atoms with van der Waals surface area (Å²) in [5.74, 6) is -1.20. The topological polar surface area (TPSA) is 41.5 Å². The Labute approximate surface area is 143 Å². The molecule has 0 amide bonds. The van der Waals surface area contributed by atoms with Crippen molar-refractivity contribution < 1.29 is 9.84 Å². The van der Waals surface area contributed by atoms with Crippen molar-refractivity contribution in [2.45, 2.75) is 50.4 Å². The van der Waals surface area contributed by atoms with Gasteiger partial charge in [-0.05, 0) is 39.8 Å². The molecule has 1 aliphatic heterocycles. The highest BCUT2D eigenvalue weighted by Crippen LogP contribution is 2.59. The molecule has 3 atom stereocenters. The predicted molar refractivity (Wildman–Crippen MR) is 97.9 cm³/mol. The Hall–Kier alpha value is -1.84. The minimum absolute atomic E-state index is 0.0334. The van der Waals surface area contributed by atoms with E-state index in [4.69, 9.17) is 4.74 Å². The van der Waals surface area contributed by atoms with E-state index in [1.807, 2.05) is 0 Å². The molecule has 3 heteroatoms. The molecule has 1 heterocycles. The molecule has 3 unspecified atom stereocenters. The molecule has 0 aromatic heterocycles. The van der Waals surface area contributed by atoms with Crippen molar-refractivity contribution in [3.05, 3.63) is 53.6 Å². The first-order valence-corrected chi connectivity index (χ1v) is 8.64. The van der Waals surface area contributed by atoms with E-state index < -0.39 is 5.79 Å². The van der Waals surface area contributed by atoms with Crippen molar-refractivity contribution in [2.24, 2.45) is 0 Å². The zero-order valence-corrected chi connectivity index (χ0v) is 14.8. The lowest BCUT2D eigenvalue weighted by atomic mass is 9.75. The molecule has 24 heavy (non-hydrogen) atoms. The van der Waals surface area contributed by atoms with Crippen LogP contribution in [0.4, 0.5) is 0 Å².